The monoisotopic (exact) mass is 475 g/mol. The van der Waals surface area contributed by atoms with Gasteiger partial charge < -0.3 is 15.3 Å². The minimum Gasteiger partial charge on any atom is -0.393 e. The predicted molar refractivity (Wildman–Crippen MR) is 120 cm³/mol. The number of nitrogens with one attached hydrogen (secondary N) is 1. The number of hydrogen-bond acceptors (Lipinski definition) is 6. The second-order valence-electron chi connectivity index (χ2n) is 9.05. The summed E-state index contributed by atoms with van der Waals surface area (Å²) in [7, 11) is 0. The van der Waals surface area contributed by atoms with E-state index < -0.39 is 30.4 Å². The molecule has 2 heterocycles. The molecule has 178 valence electrons. The minimum atomic E-state index is -4.40. The zero-order valence-corrected chi connectivity index (χ0v) is 19.4. The van der Waals surface area contributed by atoms with E-state index >= 15 is 0 Å². The molecule has 1 aliphatic rings. The number of likely N-dealkylation sites (tertiary alicyclic amines) is 1. The molecule has 10 heteroatoms. The topological polar surface area (TPSA) is 57.1 Å². The van der Waals surface area contributed by atoms with Crippen LogP contribution in [0.1, 0.15) is 38.1 Å². The van der Waals surface area contributed by atoms with Gasteiger partial charge >= 0.3 is 6.18 Å². The van der Waals surface area contributed by atoms with Gasteiger partial charge in [0.15, 0.2) is 0 Å². The highest BCUT2D eigenvalue weighted by Crippen LogP contribution is 2.39. The van der Waals surface area contributed by atoms with Crippen LogP contribution in [0.25, 0.3) is 10.1 Å². The first-order chi connectivity index (χ1) is 14.8. The summed E-state index contributed by atoms with van der Waals surface area (Å²) in [6.45, 7) is 7.84. The lowest BCUT2D eigenvalue weighted by atomic mass is 10.1. The van der Waals surface area contributed by atoms with Crippen LogP contribution in [0.4, 0.5) is 23.2 Å². The molecule has 2 atom stereocenters. The summed E-state index contributed by atoms with van der Waals surface area (Å²) in [4.78, 5) is 7.39. The molecule has 0 amide bonds. The molecule has 3 rings (SSSR count). The molecular formula is C22H29F4N3O2S. The van der Waals surface area contributed by atoms with Gasteiger partial charge in [-0.1, -0.05) is 17.3 Å². The lowest BCUT2D eigenvalue weighted by Gasteiger charge is -2.20. The Hall–Kier alpha value is -1.91. The van der Waals surface area contributed by atoms with E-state index in [0.717, 1.165) is 11.3 Å². The average Bonchev–Trinajstić information content (AvgIpc) is 3.19. The van der Waals surface area contributed by atoms with Gasteiger partial charge in [0.1, 0.15) is 12.8 Å². The Labute approximate surface area is 189 Å². The molecule has 5 nitrogen and oxygen atoms in total. The summed E-state index contributed by atoms with van der Waals surface area (Å²) in [6, 6.07) is 4.83. The number of aliphatic hydroxyl groups is 1. The van der Waals surface area contributed by atoms with Crippen molar-refractivity contribution in [2.45, 2.75) is 64.1 Å². The van der Waals surface area contributed by atoms with Crippen LogP contribution in [0.15, 0.2) is 23.4 Å². The summed E-state index contributed by atoms with van der Waals surface area (Å²) in [6.07, 6.45) is -5.34. The van der Waals surface area contributed by atoms with Crippen molar-refractivity contribution < 1.29 is 27.5 Å². The Morgan fingerprint density at radius 3 is 2.62 bits per heavy atom. The minimum absolute atomic E-state index is 0.0955. The number of thiophene rings is 1. The molecule has 1 aromatic heterocycles. The maximum atomic E-state index is 14.6. The van der Waals surface area contributed by atoms with E-state index in [2.05, 4.69) is 10.5 Å². The fourth-order valence-electron chi connectivity index (χ4n) is 3.62. The number of alkyl halides is 4. The third-order valence-electron chi connectivity index (χ3n) is 5.24. The van der Waals surface area contributed by atoms with Gasteiger partial charge in [0.05, 0.1) is 39.5 Å². The summed E-state index contributed by atoms with van der Waals surface area (Å²) < 4.78 is 55.1. The molecular weight excluding hydrogens is 446 g/mol. The molecule has 1 aliphatic heterocycles. The highest BCUT2D eigenvalue weighted by molar-refractivity contribution is 7.21. The van der Waals surface area contributed by atoms with Crippen LogP contribution in [0, 0.1) is 0 Å². The molecule has 0 unspecified atom stereocenters. The van der Waals surface area contributed by atoms with E-state index in [9.17, 15) is 22.7 Å². The first-order valence-electron chi connectivity index (χ1n) is 10.5. The first-order valence-corrected chi connectivity index (χ1v) is 11.3. The van der Waals surface area contributed by atoms with Crippen LogP contribution in [0.2, 0.25) is 0 Å². The van der Waals surface area contributed by atoms with Crippen molar-refractivity contribution in [3.63, 3.8) is 0 Å². The standard InChI is InChI=1S/C22H29F4N3O2S/c1-13(2)29-10-16(23)18(11-29)28-17-7-5-6-14-15(8-22(24,25)26)19(32-20(14)17)9-27-31-12-21(3,4)30/h5-7,9,13,16,18,28,30H,8,10-12H2,1-4H3/b27-9+/t16-,18+/m0/s1. The van der Waals surface area contributed by atoms with Crippen LogP contribution in [0.3, 0.4) is 0 Å². The first kappa shape index (κ1) is 24.7. The predicted octanol–water partition coefficient (Wildman–Crippen LogP) is 4.97. The molecule has 0 aliphatic carbocycles. The zero-order valence-electron chi connectivity index (χ0n) is 18.5. The molecule has 2 N–H and O–H groups in total. The van der Waals surface area contributed by atoms with Crippen LogP contribution in [0.5, 0.6) is 0 Å². The normalized spacial score (nSPS) is 20.7. The molecule has 2 aromatic rings. The Kier molecular flexibility index (Phi) is 7.36. The lowest BCUT2D eigenvalue weighted by molar-refractivity contribution is -0.126. The number of anilines is 1. The number of rotatable bonds is 8. The molecule has 0 radical (unpaired) electrons. The highest BCUT2D eigenvalue weighted by atomic mass is 32.1. The van der Waals surface area contributed by atoms with Crippen LogP contribution in [-0.2, 0) is 11.3 Å². The third-order valence-corrected chi connectivity index (χ3v) is 6.45. The third kappa shape index (κ3) is 6.32. The fraction of sp³-hybridized carbons (Fsp3) is 0.591. The van der Waals surface area contributed by atoms with Crippen molar-refractivity contribution in [2.24, 2.45) is 5.16 Å². The number of halogens is 4. The highest BCUT2D eigenvalue weighted by Gasteiger charge is 2.35. The Bertz CT molecular complexity index is 953. The van der Waals surface area contributed by atoms with E-state index in [1.807, 2.05) is 18.7 Å². The van der Waals surface area contributed by atoms with Crippen molar-refractivity contribution in [1.82, 2.24) is 4.90 Å². The quantitative estimate of drug-likeness (QED) is 0.322. The average molecular weight is 476 g/mol. The van der Waals surface area contributed by atoms with E-state index in [1.54, 1.807) is 18.2 Å². The maximum Gasteiger partial charge on any atom is 0.393 e. The van der Waals surface area contributed by atoms with E-state index in [0.29, 0.717) is 33.7 Å². The SMILES string of the molecule is CC(C)N1C[C@H](F)[C@H](Nc2cccc3c(CC(F)(F)F)c(/C=N/OCC(C)(C)O)sc23)C1. The van der Waals surface area contributed by atoms with Crippen molar-refractivity contribution in [1.29, 1.82) is 0 Å². The Morgan fingerprint density at radius 1 is 1.31 bits per heavy atom. The smallest absolute Gasteiger partial charge is 0.393 e. The second kappa shape index (κ2) is 9.52. The molecule has 32 heavy (non-hydrogen) atoms. The molecule has 1 saturated heterocycles. The van der Waals surface area contributed by atoms with Crippen molar-refractivity contribution >= 4 is 33.3 Å². The van der Waals surface area contributed by atoms with Gasteiger partial charge in [-0.3, -0.25) is 4.90 Å². The second-order valence-corrected chi connectivity index (χ2v) is 10.1. The van der Waals surface area contributed by atoms with Crippen LogP contribution < -0.4 is 5.32 Å². The number of fused-ring (bicyclic) bond motifs is 1. The fourth-order valence-corrected chi connectivity index (χ4v) is 4.78. The van der Waals surface area contributed by atoms with Crippen LogP contribution >= 0.6 is 11.3 Å². The zero-order chi connectivity index (χ0) is 23.7. The lowest BCUT2D eigenvalue weighted by Crippen LogP contribution is -2.31. The number of benzene rings is 1. The van der Waals surface area contributed by atoms with Gasteiger partial charge in [-0.05, 0) is 44.7 Å². The van der Waals surface area contributed by atoms with E-state index in [4.69, 9.17) is 4.84 Å². The Morgan fingerprint density at radius 2 is 2.03 bits per heavy atom. The van der Waals surface area contributed by atoms with Gasteiger partial charge in [0.2, 0.25) is 0 Å². The largest absolute Gasteiger partial charge is 0.393 e. The molecule has 1 fully saturated rings. The Balaban J connectivity index is 1.92. The summed E-state index contributed by atoms with van der Waals surface area (Å²) in [5.41, 5.74) is -0.410. The molecule has 0 spiro atoms. The summed E-state index contributed by atoms with van der Waals surface area (Å²) in [5, 5.41) is 17.1. The summed E-state index contributed by atoms with van der Waals surface area (Å²) >= 11 is 1.15. The van der Waals surface area contributed by atoms with Crippen molar-refractivity contribution in [3.8, 4) is 0 Å². The van der Waals surface area contributed by atoms with Gasteiger partial charge in [0.25, 0.3) is 0 Å². The van der Waals surface area contributed by atoms with E-state index in [-0.39, 0.29) is 18.2 Å². The van der Waals surface area contributed by atoms with Crippen molar-refractivity contribution in [2.75, 3.05) is 25.0 Å². The molecule has 0 saturated carbocycles. The number of oxime groups is 1. The van der Waals surface area contributed by atoms with Crippen LogP contribution in [-0.4, -0.2) is 66.0 Å². The van der Waals surface area contributed by atoms with Gasteiger partial charge in [-0.25, -0.2) is 4.39 Å². The molecule has 1 aromatic carbocycles. The van der Waals surface area contributed by atoms with Gasteiger partial charge in [0, 0.05) is 19.1 Å². The van der Waals surface area contributed by atoms with Crippen molar-refractivity contribution in [3.05, 3.63) is 28.6 Å². The molecule has 0 bridgehead atoms. The van der Waals surface area contributed by atoms with E-state index in [1.165, 1.54) is 20.1 Å². The number of nitrogens with zero attached hydrogens (tertiary/aromatic N) is 2. The summed E-state index contributed by atoms with van der Waals surface area (Å²) in [5.74, 6) is 0. The number of hydrogen-bond donors (Lipinski definition) is 2. The van der Waals surface area contributed by atoms with Gasteiger partial charge in [-0.15, -0.1) is 11.3 Å². The van der Waals surface area contributed by atoms with Gasteiger partial charge in [-0.2, -0.15) is 13.2 Å². The maximum absolute atomic E-state index is 14.6.